The Labute approximate surface area is 63.9 Å². The van der Waals surface area contributed by atoms with Gasteiger partial charge in [-0.25, -0.2) is 4.79 Å². The molecular formula is C6H10O5. The first-order valence-corrected chi connectivity index (χ1v) is 2.86. The predicted octanol–water partition coefficient (Wildman–Crippen LogP) is -0.351. The number of hydrogen-bond acceptors (Lipinski definition) is 4. The molecule has 0 radical (unpaired) electrons. The maximum Gasteiger partial charge on any atom is 0.372 e. The zero-order valence-electron chi connectivity index (χ0n) is 6.58. The molecule has 0 atom stereocenters. The van der Waals surface area contributed by atoms with Gasteiger partial charge in [0.2, 0.25) is 5.78 Å². The fourth-order valence-electron chi connectivity index (χ4n) is 0.696. The Kier molecular flexibility index (Phi) is 3.16. The van der Waals surface area contributed by atoms with E-state index >= 15 is 0 Å². The van der Waals surface area contributed by atoms with Gasteiger partial charge in [0.1, 0.15) is 0 Å². The highest BCUT2D eigenvalue weighted by molar-refractivity contribution is 6.03. The molecule has 0 amide bonds. The van der Waals surface area contributed by atoms with E-state index in [-0.39, 0.29) is 0 Å². The van der Waals surface area contributed by atoms with Gasteiger partial charge in [0.15, 0.2) is 0 Å². The van der Waals surface area contributed by atoms with Crippen LogP contribution in [-0.4, -0.2) is 36.9 Å². The van der Waals surface area contributed by atoms with Crippen LogP contribution in [0.2, 0.25) is 0 Å². The Morgan fingerprint density at radius 1 is 1.27 bits per heavy atom. The summed E-state index contributed by atoms with van der Waals surface area (Å²) in [6, 6.07) is 0. The Balaban J connectivity index is 4.76. The highest BCUT2D eigenvalue weighted by atomic mass is 16.7. The molecule has 0 aliphatic heterocycles. The average Bonchev–Trinajstić information content (AvgIpc) is 1.90. The zero-order chi connectivity index (χ0) is 9.07. The first kappa shape index (κ1) is 10.1. The van der Waals surface area contributed by atoms with Gasteiger partial charge in [0.25, 0.3) is 0 Å². The first-order chi connectivity index (χ1) is 5.01. The molecule has 64 valence electrons. The van der Waals surface area contributed by atoms with E-state index in [4.69, 9.17) is 5.11 Å². The quantitative estimate of drug-likeness (QED) is 0.451. The third-order valence-electron chi connectivity index (χ3n) is 1.32. The lowest BCUT2D eigenvalue weighted by atomic mass is 10.2. The molecule has 0 aromatic heterocycles. The lowest BCUT2D eigenvalue weighted by molar-refractivity contribution is -0.219. The van der Waals surface area contributed by atoms with Gasteiger partial charge in [0.05, 0.1) is 0 Å². The van der Waals surface area contributed by atoms with E-state index in [9.17, 15) is 9.59 Å². The minimum atomic E-state index is -2.14. The molecule has 0 aromatic rings. The van der Waals surface area contributed by atoms with E-state index in [0.717, 1.165) is 21.1 Å². The summed E-state index contributed by atoms with van der Waals surface area (Å²) in [4.78, 5) is 21.2. The van der Waals surface area contributed by atoms with Crippen molar-refractivity contribution in [2.75, 3.05) is 14.2 Å². The third-order valence-corrected chi connectivity index (χ3v) is 1.32. The standard InChI is InChI=1S/C6H10O5/c1-4(7)6(10-2,11-3)5(8)9/h1-3H3,(H,8,9). The molecule has 0 heterocycles. The van der Waals surface area contributed by atoms with Crippen LogP contribution in [0.4, 0.5) is 0 Å². The monoisotopic (exact) mass is 162 g/mol. The lowest BCUT2D eigenvalue weighted by Gasteiger charge is -2.22. The summed E-state index contributed by atoms with van der Waals surface area (Å²) in [7, 11) is 2.19. The molecule has 11 heavy (non-hydrogen) atoms. The summed E-state index contributed by atoms with van der Waals surface area (Å²) in [6.07, 6.45) is 0. The maximum atomic E-state index is 10.7. The molecule has 5 heteroatoms. The molecule has 0 aliphatic rings. The maximum absolute atomic E-state index is 10.7. The average molecular weight is 162 g/mol. The minimum Gasteiger partial charge on any atom is -0.477 e. The predicted molar refractivity (Wildman–Crippen MR) is 35.1 cm³/mol. The summed E-state index contributed by atoms with van der Waals surface area (Å²) in [5, 5.41) is 8.52. The summed E-state index contributed by atoms with van der Waals surface area (Å²) < 4.78 is 8.88. The molecule has 0 fully saturated rings. The van der Waals surface area contributed by atoms with E-state index in [1.807, 2.05) is 0 Å². The highest BCUT2D eigenvalue weighted by Crippen LogP contribution is 2.12. The molecule has 5 nitrogen and oxygen atoms in total. The van der Waals surface area contributed by atoms with Gasteiger partial charge in [-0.1, -0.05) is 0 Å². The van der Waals surface area contributed by atoms with Gasteiger partial charge in [-0.3, -0.25) is 4.79 Å². The van der Waals surface area contributed by atoms with Crippen LogP contribution in [0.25, 0.3) is 0 Å². The van der Waals surface area contributed by atoms with E-state index in [1.165, 1.54) is 0 Å². The molecule has 0 aliphatic carbocycles. The lowest BCUT2D eigenvalue weighted by Crippen LogP contribution is -2.48. The minimum absolute atomic E-state index is 0.699. The molecular weight excluding hydrogens is 152 g/mol. The molecule has 0 aromatic carbocycles. The molecule has 0 bridgehead atoms. The van der Waals surface area contributed by atoms with Gasteiger partial charge in [-0.05, 0) is 0 Å². The number of hydrogen-bond donors (Lipinski definition) is 1. The number of ether oxygens (including phenoxy) is 2. The third kappa shape index (κ3) is 1.55. The van der Waals surface area contributed by atoms with Gasteiger partial charge < -0.3 is 14.6 Å². The smallest absolute Gasteiger partial charge is 0.372 e. The second-order valence-corrected chi connectivity index (χ2v) is 1.89. The number of carbonyl (C=O) groups excluding carboxylic acids is 1. The van der Waals surface area contributed by atoms with E-state index in [0.29, 0.717) is 0 Å². The van der Waals surface area contributed by atoms with Crippen molar-refractivity contribution < 1.29 is 24.2 Å². The van der Waals surface area contributed by atoms with Crippen LogP contribution >= 0.6 is 0 Å². The van der Waals surface area contributed by atoms with Crippen LogP contribution in [0, 0.1) is 0 Å². The fourth-order valence-corrected chi connectivity index (χ4v) is 0.696. The van der Waals surface area contributed by atoms with Crippen LogP contribution in [0.5, 0.6) is 0 Å². The van der Waals surface area contributed by atoms with E-state index in [2.05, 4.69) is 9.47 Å². The van der Waals surface area contributed by atoms with Gasteiger partial charge in [-0.2, -0.15) is 0 Å². The summed E-state index contributed by atoms with van der Waals surface area (Å²) in [5.74, 6) is -4.29. The zero-order valence-corrected chi connectivity index (χ0v) is 6.58. The van der Waals surface area contributed by atoms with Crippen molar-refractivity contribution in [3.05, 3.63) is 0 Å². The van der Waals surface area contributed by atoms with Crippen molar-refractivity contribution in [3.8, 4) is 0 Å². The molecule has 0 saturated heterocycles. The normalized spacial score (nSPS) is 11.2. The molecule has 0 unspecified atom stereocenters. The number of carbonyl (C=O) groups is 2. The van der Waals surface area contributed by atoms with Crippen molar-refractivity contribution in [3.63, 3.8) is 0 Å². The molecule has 1 N–H and O–H groups in total. The van der Waals surface area contributed by atoms with Crippen molar-refractivity contribution >= 4 is 11.8 Å². The van der Waals surface area contributed by atoms with Crippen LogP contribution in [0.3, 0.4) is 0 Å². The topological polar surface area (TPSA) is 72.8 Å². The van der Waals surface area contributed by atoms with Gasteiger partial charge in [0, 0.05) is 21.1 Å². The largest absolute Gasteiger partial charge is 0.477 e. The Morgan fingerprint density at radius 3 is 1.64 bits per heavy atom. The molecule has 0 spiro atoms. The summed E-state index contributed by atoms with van der Waals surface area (Å²) in [6.45, 7) is 1.08. The van der Waals surface area contributed by atoms with E-state index < -0.39 is 17.5 Å². The first-order valence-electron chi connectivity index (χ1n) is 2.86. The van der Waals surface area contributed by atoms with Crippen LogP contribution < -0.4 is 0 Å². The number of methoxy groups -OCH3 is 2. The van der Waals surface area contributed by atoms with E-state index in [1.54, 1.807) is 0 Å². The Bertz CT molecular complexity index is 154. The van der Waals surface area contributed by atoms with Crippen molar-refractivity contribution in [2.24, 2.45) is 0 Å². The van der Waals surface area contributed by atoms with Crippen LogP contribution in [0.15, 0.2) is 0 Å². The van der Waals surface area contributed by atoms with Crippen LogP contribution in [-0.2, 0) is 19.1 Å². The number of carboxylic acids is 1. The van der Waals surface area contributed by atoms with Crippen molar-refractivity contribution in [2.45, 2.75) is 12.7 Å². The number of carboxylic acid groups (broad SMARTS) is 1. The second kappa shape index (κ2) is 3.45. The molecule has 0 saturated carbocycles. The van der Waals surface area contributed by atoms with Crippen molar-refractivity contribution in [1.82, 2.24) is 0 Å². The van der Waals surface area contributed by atoms with Gasteiger partial charge >= 0.3 is 11.8 Å². The Morgan fingerprint density at radius 2 is 1.64 bits per heavy atom. The number of aliphatic carboxylic acids is 1. The number of ketones is 1. The number of rotatable bonds is 4. The summed E-state index contributed by atoms with van der Waals surface area (Å²) in [5.41, 5.74) is 0. The van der Waals surface area contributed by atoms with Crippen molar-refractivity contribution in [1.29, 1.82) is 0 Å². The fraction of sp³-hybridized carbons (Fsp3) is 0.667. The number of Topliss-reactive ketones (excluding diaryl/α,β-unsaturated/α-hetero) is 1. The highest BCUT2D eigenvalue weighted by Gasteiger charge is 2.44. The van der Waals surface area contributed by atoms with Crippen LogP contribution in [0.1, 0.15) is 6.92 Å². The Hall–Kier alpha value is -0.940. The molecule has 0 rings (SSSR count). The SMILES string of the molecule is COC(OC)(C(C)=O)C(=O)O. The summed E-state index contributed by atoms with van der Waals surface area (Å²) >= 11 is 0. The van der Waals surface area contributed by atoms with Gasteiger partial charge in [-0.15, -0.1) is 0 Å². The second-order valence-electron chi connectivity index (χ2n) is 1.89.